The Labute approximate surface area is 137 Å². The molecule has 1 aromatic heterocycles. The zero-order valence-electron chi connectivity index (χ0n) is 12.7. The third-order valence-electron chi connectivity index (χ3n) is 4.74. The summed E-state index contributed by atoms with van der Waals surface area (Å²) in [5, 5.41) is 9.76. The number of aromatic amines is 1. The number of rotatable bonds is 1. The summed E-state index contributed by atoms with van der Waals surface area (Å²) in [7, 11) is 0. The number of phenolic OH excluding ortho intramolecular Hbond substituents is 1. The largest absolute Gasteiger partial charge is 0.508 e. The van der Waals surface area contributed by atoms with Crippen LogP contribution in [0.4, 0.5) is 5.69 Å². The molecule has 4 N–H and O–H groups in total. The summed E-state index contributed by atoms with van der Waals surface area (Å²) in [5.74, 6) is 0.997. The van der Waals surface area contributed by atoms with Gasteiger partial charge in [-0.25, -0.2) is 4.98 Å². The number of hydrogen-bond donors (Lipinski definition) is 3. The van der Waals surface area contributed by atoms with Gasteiger partial charge < -0.3 is 20.7 Å². The number of nitrogens with zero attached hydrogens (tertiary/aromatic N) is 2. The number of carbonyl (C=O) groups is 1. The highest BCUT2D eigenvalue weighted by atomic mass is 16.3. The summed E-state index contributed by atoms with van der Waals surface area (Å²) in [6, 6.07) is 12.4. The van der Waals surface area contributed by atoms with E-state index in [-0.39, 0.29) is 17.6 Å². The molecular formula is C18H14N4O2. The minimum Gasteiger partial charge on any atom is -0.508 e. The Hall–Kier alpha value is -3.28. The number of nitrogens with one attached hydrogen (secondary N) is 1. The van der Waals surface area contributed by atoms with Crippen molar-refractivity contribution >= 4 is 28.1 Å². The van der Waals surface area contributed by atoms with Gasteiger partial charge in [-0.15, -0.1) is 0 Å². The number of H-pyrrole nitrogens is 1. The van der Waals surface area contributed by atoms with Crippen molar-refractivity contribution in [3.63, 3.8) is 0 Å². The maximum atomic E-state index is 12.9. The monoisotopic (exact) mass is 318 g/mol. The van der Waals surface area contributed by atoms with E-state index in [4.69, 9.17) is 5.73 Å². The second-order valence-electron chi connectivity index (χ2n) is 6.13. The van der Waals surface area contributed by atoms with E-state index >= 15 is 0 Å². The molecule has 0 aliphatic carbocycles. The van der Waals surface area contributed by atoms with E-state index < -0.39 is 0 Å². The van der Waals surface area contributed by atoms with Gasteiger partial charge in [0.1, 0.15) is 29.0 Å². The van der Waals surface area contributed by atoms with Gasteiger partial charge >= 0.3 is 0 Å². The average Bonchev–Trinajstić information content (AvgIpc) is 3.20. The van der Waals surface area contributed by atoms with Gasteiger partial charge in [-0.2, -0.15) is 0 Å². The molecule has 6 heteroatoms. The number of carbonyl (C=O) groups excluding carboxylic acids is 1. The average molecular weight is 318 g/mol. The lowest BCUT2D eigenvalue weighted by Gasteiger charge is -2.19. The highest BCUT2D eigenvalue weighted by Crippen LogP contribution is 2.43. The predicted molar refractivity (Wildman–Crippen MR) is 90.3 cm³/mol. The first-order chi connectivity index (χ1) is 11.6. The molecule has 0 saturated heterocycles. The number of ketones is 1. The Balaban J connectivity index is 1.68. The van der Waals surface area contributed by atoms with E-state index in [2.05, 4.69) is 9.97 Å². The van der Waals surface area contributed by atoms with Crippen molar-refractivity contribution in [1.29, 1.82) is 0 Å². The normalized spacial score (nSPS) is 19.2. The maximum absolute atomic E-state index is 12.9. The Morgan fingerprint density at radius 1 is 1.25 bits per heavy atom. The molecule has 0 saturated carbocycles. The Morgan fingerprint density at radius 3 is 2.92 bits per heavy atom. The van der Waals surface area contributed by atoms with Gasteiger partial charge in [-0.05, 0) is 23.8 Å². The number of para-hydroxylation sites is 2. The molecular weight excluding hydrogens is 304 g/mol. The van der Waals surface area contributed by atoms with Crippen LogP contribution in [0.25, 0.3) is 16.6 Å². The van der Waals surface area contributed by atoms with Crippen LogP contribution in [0, 0.1) is 0 Å². The lowest BCUT2D eigenvalue weighted by Crippen LogP contribution is -2.32. The standard InChI is InChI=1S/C18H14N4O2/c19-17-15(18-20-11-3-1-2-4-12(11)21-18)16(24)14-7-9-5-6-10(23)8-13(9)22(14)17/h1-6,8,14,23H,7,19H2,(H,20,21). The fourth-order valence-corrected chi connectivity index (χ4v) is 3.65. The SMILES string of the molecule is NC1=C(c2nc3ccccc3[nH]2)C(=O)C2Cc3ccc(O)cc3N12. The number of aromatic hydroxyl groups is 1. The summed E-state index contributed by atoms with van der Waals surface area (Å²) in [5.41, 5.74) is 10.2. The highest BCUT2D eigenvalue weighted by Gasteiger charge is 2.45. The van der Waals surface area contributed by atoms with Gasteiger partial charge in [-0.3, -0.25) is 4.79 Å². The van der Waals surface area contributed by atoms with E-state index in [0.29, 0.717) is 23.6 Å². The summed E-state index contributed by atoms with van der Waals surface area (Å²) >= 11 is 0. The van der Waals surface area contributed by atoms with E-state index in [1.165, 1.54) is 0 Å². The van der Waals surface area contributed by atoms with Crippen molar-refractivity contribution in [2.45, 2.75) is 12.5 Å². The molecule has 3 heterocycles. The van der Waals surface area contributed by atoms with Gasteiger partial charge in [-0.1, -0.05) is 18.2 Å². The number of imidazole rings is 1. The van der Waals surface area contributed by atoms with Crippen molar-refractivity contribution < 1.29 is 9.90 Å². The molecule has 1 unspecified atom stereocenters. The van der Waals surface area contributed by atoms with E-state index in [0.717, 1.165) is 22.3 Å². The van der Waals surface area contributed by atoms with Crippen molar-refractivity contribution in [2.24, 2.45) is 5.73 Å². The first-order valence-electron chi connectivity index (χ1n) is 7.73. The van der Waals surface area contributed by atoms with Crippen molar-refractivity contribution in [2.75, 3.05) is 4.90 Å². The first-order valence-corrected chi connectivity index (χ1v) is 7.73. The van der Waals surface area contributed by atoms with Gasteiger partial charge in [0.2, 0.25) is 0 Å². The molecule has 0 amide bonds. The van der Waals surface area contributed by atoms with Crippen LogP contribution in [0.15, 0.2) is 48.3 Å². The second-order valence-corrected chi connectivity index (χ2v) is 6.13. The van der Waals surface area contributed by atoms with Gasteiger partial charge in [0.05, 0.1) is 16.7 Å². The van der Waals surface area contributed by atoms with Crippen LogP contribution < -0.4 is 10.6 Å². The number of aromatic nitrogens is 2. The zero-order chi connectivity index (χ0) is 16.4. The summed E-state index contributed by atoms with van der Waals surface area (Å²) in [4.78, 5) is 22.4. The number of benzene rings is 2. The predicted octanol–water partition coefficient (Wildman–Crippen LogP) is 1.91. The molecule has 0 spiro atoms. The molecule has 1 atom stereocenters. The summed E-state index contributed by atoms with van der Waals surface area (Å²) in [6.45, 7) is 0. The minimum absolute atomic E-state index is 0.0396. The third kappa shape index (κ3) is 1.59. The van der Waals surface area contributed by atoms with Crippen LogP contribution >= 0.6 is 0 Å². The summed E-state index contributed by atoms with van der Waals surface area (Å²) < 4.78 is 0. The molecule has 0 fully saturated rings. The second kappa shape index (κ2) is 4.38. The molecule has 2 aliphatic heterocycles. The highest BCUT2D eigenvalue weighted by molar-refractivity contribution is 6.28. The number of Topliss-reactive ketones (excluding diaryl/α,β-unsaturated/α-hetero) is 1. The molecule has 2 aromatic carbocycles. The molecule has 24 heavy (non-hydrogen) atoms. The molecule has 5 rings (SSSR count). The van der Waals surface area contributed by atoms with E-state index in [1.807, 2.05) is 30.3 Å². The zero-order valence-corrected chi connectivity index (χ0v) is 12.7. The van der Waals surface area contributed by atoms with Crippen molar-refractivity contribution in [3.05, 3.63) is 59.7 Å². The number of hydrogen-bond acceptors (Lipinski definition) is 5. The van der Waals surface area contributed by atoms with Crippen LogP contribution in [-0.4, -0.2) is 26.9 Å². The van der Waals surface area contributed by atoms with Gasteiger partial charge in [0.15, 0.2) is 5.78 Å². The van der Waals surface area contributed by atoms with Crippen molar-refractivity contribution in [3.8, 4) is 5.75 Å². The third-order valence-corrected chi connectivity index (χ3v) is 4.74. The van der Waals surface area contributed by atoms with Gasteiger partial charge in [0.25, 0.3) is 0 Å². The molecule has 0 bridgehead atoms. The van der Waals surface area contributed by atoms with E-state index in [9.17, 15) is 9.90 Å². The number of anilines is 1. The van der Waals surface area contributed by atoms with Crippen LogP contribution in [0.5, 0.6) is 5.75 Å². The van der Waals surface area contributed by atoms with Crippen LogP contribution in [-0.2, 0) is 11.2 Å². The quantitative estimate of drug-likeness (QED) is 0.637. The Morgan fingerprint density at radius 2 is 2.08 bits per heavy atom. The fourth-order valence-electron chi connectivity index (χ4n) is 3.65. The molecule has 2 aliphatic rings. The topological polar surface area (TPSA) is 95.2 Å². The smallest absolute Gasteiger partial charge is 0.193 e. The van der Waals surface area contributed by atoms with Crippen LogP contribution in [0.3, 0.4) is 0 Å². The lowest BCUT2D eigenvalue weighted by atomic mass is 10.0. The minimum atomic E-state index is -0.356. The maximum Gasteiger partial charge on any atom is 0.193 e. The van der Waals surface area contributed by atoms with Crippen LogP contribution in [0.1, 0.15) is 11.4 Å². The Kier molecular flexibility index (Phi) is 2.41. The molecule has 0 radical (unpaired) electrons. The Bertz CT molecular complexity index is 1020. The van der Waals surface area contributed by atoms with E-state index in [1.54, 1.807) is 17.0 Å². The van der Waals surface area contributed by atoms with Crippen molar-refractivity contribution in [1.82, 2.24) is 9.97 Å². The molecule has 118 valence electrons. The van der Waals surface area contributed by atoms with Gasteiger partial charge in [0, 0.05) is 12.5 Å². The first kappa shape index (κ1) is 13.2. The number of phenols is 1. The number of fused-ring (bicyclic) bond motifs is 4. The van der Waals surface area contributed by atoms with Crippen LogP contribution in [0.2, 0.25) is 0 Å². The molecule has 6 nitrogen and oxygen atoms in total. The lowest BCUT2D eigenvalue weighted by molar-refractivity contribution is -0.114. The fraction of sp³-hybridized carbons (Fsp3) is 0.111. The summed E-state index contributed by atoms with van der Waals surface area (Å²) in [6.07, 6.45) is 0.582. The number of nitrogens with two attached hydrogens (primary N) is 1. The molecule has 3 aromatic rings.